The first-order valence-electron chi connectivity index (χ1n) is 2.47. The Morgan fingerprint density at radius 1 is 1.29 bits per heavy atom. The number of ether oxygens (including phenoxy) is 1. The van der Waals surface area contributed by atoms with Crippen LogP contribution < -0.4 is 0 Å². The van der Waals surface area contributed by atoms with Crippen LogP contribution in [0.1, 0.15) is 0 Å². The van der Waals surface area contributed by atoms with Gasteiger partial charge in [0.15, 0.2) is 0 Å². The zero-order valence-corrected chi connectivity index (χ0v) is 8.75. The molecule has 1 heterocycles. The zero-order chi connectivity index (χ0) is 5.11. The summed E-state index contributed by atoms with van der Waals surface area (Å²) in [6.07, 6.45) is 0. The van der Waals surface area contributed by atoms with Crippen LogP contribution in [0.25, 0.3) is 0 Å². The third-order valence-electron chi connectivity index (χ3n) is 1.05. The Kier molecular flexibility index (Phi) is 2.55. The molecule has 0 atom stereocenters. The van der Waals surface area contributed by atoms with Gasteiger partial charge < -0.3 is 0 Å². The Hall–Kier alpha value is 0.842. The standard InChI is InChI=1S/C4H8NO.Pb.H/c1-3-6-4-2-5-1;;/h1-4H2;;/q-1;+1;. The van der Waals surface area contributed by atoms with E-state index in [9.17, 15) is 0 Å². The van der Waals surface area contributed by atoms with Crippen molar-refractivity contribution in [3.05, 3.63) is 0 Å². The van der Waals surface area contributed by atoms with Crippen LogP contribution >= 0.6 is 0 Å². The molecule has 2 radical (unpaired) electrons. The summed E-state index contributed by atoms with van der Waals surface area (Å²) in [4.78, 5) is 0. The first-order valence-corrected chi connectivity index (χ1v) is 4.48. The van der Waals surface area contributed by atoms with Crippen molar-refractivity contribution in [2.75, 3.05) is 26.3 Å². The van der Waals surface area contributed by atoms with Crippen LogP contribution in [0.5, 0.6) is 0 Å². The molecule has 0 aliphatic carbocycles. The number of hydrogen-bond acceptors (Lipinski definition) is 2. The van der Waals surface area contributed by atoms with Crippen LogP contribution in [0.15, 0.2) is 0 Å². The van der Waals surface area contributed by atoms with Crippen LogP contribution in [0, 0.1) is 0 Å². The second kappa shape index (κ2) is 2.99. The molecule has 0 unspecified atom stereocenters. The summed E-state index contributed by atoms with van der Waals surface area (Å²) in [6.45, 7) is 4.25. The molecule has 1 rings (SSSR count). The third-order valence-corrected chi connectivity index (χ3v) is 3.05. The van der Waals surface area contributed by atoms with Crippen LogP contribution in [0.4, 0.5) is 0 Å². The number of hydrogen-bond donors (Lipinski definition) is 0. The van der Waals surface area contributed by atoms with Gasteiger partial charge in [0.1, 0.15) is 0 Å². The summed E-state index contributed by atoms with van der Waals surface area (Å²) in [5.74, 6) is 0. The molecule has 3 heteroatoms. The fourth-order valence-electron chi connectivity index (χ4n) is 0.577. The molecule has 0 amide bonds. The van der Waals surface area contributed by atoms with E-state index in [-0.39, 0.29) is 0 Å². The summed E-state index contributed by atoms with van der Waals surface area (Å²) in [5.41, 5.74) is 0. The first-order chi connectivity index (χ1) is 3.39. The predicted molar refractivity (Wildman–Crippen MR) is 29.5 cm³/mol. The molecule has 0 spiro atoms. The van der Waals surface area contributed by atoms with E-state index < -0.39 is 0 Å². The minimum atomic E-state index is 0.955. The zero-order valence-electron chi connectivity index (χ0n) is 4.26. The molecule has 0 aromatic rings. The van der Waals surface area contributed by atoms with Crippen LogP contribution in [0.3, 0.4) is 0 Å². The average molecular weight is 294 g/mol. The van der Waals surface area contributed by atoms with Gasteiger partial charge in [0, 0.05) is 0 Å². The quantitative estimate of drug-likeness (QED) is 0.539. The van der Waals surface area contributed by atoms with E-state index >= 15 is 0 Å². The van der Waals surface area contributed by atoms with Crippen molar-refractivity contribution >= 4 is 26.1 Å². The molecule has 0 bridgehead atoms. The molecule has 0 N–H and O–H groups in total. The minimum absolute atomic E-state index is 0.955. The van der Waals surface area contributed by atoms with Crippen molar-refractivity contribution in [2.24, 2.45) is 0 Å². The maximum absolute atomic E-state index is 5.12. The number of nitrogens with zero attached hydrogens (tertiary/aromatic N) is 1. The average Bonchev–Trinajstić information content (AvgIpc) is 1.69. The summed E-state index contributed by atoms with van der Waals surface area (Å²) >= 11 is 1.02. The van der Waals surface area contributed by atoms with Gasteiger partial charge in [-0.25, -0.2) is 0 Å². The van der Waals surface area contributed by atoms with Crippen LogP contribution in [0.2, 0.25) is 0 Å². The van der Waals surface area contributed by atoms with Gasteiger partial charge in [0.2, 0.25) is 0 Å². The molecule has 0 aromatic carbocycles. The molecular formula is C4H9NOPb. The van der Waals surface area contributed by atoms with Crippen molar-refractivity contribution in [2.45, 2.75) is 0 Å². The molecule has 1 fully saturated rings. The fourth-order valence-corrected chi connectivity index (χ4v) is 1.40. The normalized spacial score (nSPS) is 25.3. The number of morpholine rings is 1. The molecule has 0 saturated carbocycles. The maximum atomic E-state index is 5.12. The third kappa shape index (κ3) is 2.05. The van der Waals surface area contributed by atoms with E-state index in [0.717, 1.165) is 39.3 Å². The Labute approximate surface area is 59.9 Å². The second-order valence-electron chi connectivity index (χ2n) is 1.65. The number of rotatable bonds is 0. The Bertz CT molecular complexity index is 53.7. The summed E-state index contributed by atoms with van der Waals surface area (Å²) < 4.78 is 7.56. The fraction of sp³-hybridized carbons (Fsp3) is 1.00. The van der Waals surface area contributed by atoms with Crippen LogP contribution in [-0.2, 0) is 4.74 Å². The van der Waals surface area contributed by atoms with Crippen molar-refractivity contribution < 1.29 is 4.74 Å². The van der Waals surface area contributed by atoms with Gasteiger partial charge in [0.05, 0.1) is 0 Å². The molecule has 40 valence electrons. The summed E-state index contributed by atoms with van der Waals surface area (Å²) in [6, 6.07) is 0. The van der Waals surface area contributed by atoms with Gasteiger partial charge in [-0.2, -0.15) is 0 Å². The Morgan fingerprint density at radius 2 is 1.86 bits per heavy atom. The molecule has 2 nitrogen and oxygen atoms in total. The van der Waals surface area contributed by atoms with Gasteiger partial charge in [-0.1, -0.05) is 0 Å². The van der Waals surface area contributed by atoms with E-state index in [1.165, 1.54) is 13.1 Å². The molecule has 1 aliphatic rings. The monoisotopic (exact) mass is 295 g/mol. The molecule has 0 aromatic heterocycles. The Morgan fingerprint density at radius 3 is 2.14 bits per heavy atom. The van der Waals surface area contributed by atoms with Gasteiger partial charge >= 0.3 is 59.8 Å². The predicted octanol–water partition coefficient (Wildman–Crippen LogP) is -0.866. The van der Waals surface area contributed by atoms with E-state index in [2.05, 4.69) is 2.71 Å². The van der Waals surface area contributed by atoms with Gasteiger partial charge in [-0.05, 0) is 0 Å². The van der Waals surface area contributed by atoms with Gasteiger partial charge in [0.25, 0.3) is 0 Å². The summed E-state index contributed by atoms with van der Waals surface area (Å²) in [7, 11) is 0. The summed E-state index contributed by atoms with van der Waals surface area (Å²) in [5, 5.41) is 0. The van der Waals surface area contributed by atoms with E-state index in [1.807, 2.05) is 0 Å². The SMILES string of the molecule is [PbH][N]1CCOCC1. The van der Waals surface area contributed by atoms with Crippen molar-refractivity contribution in [3.8, 4) is 0 Å². The molecular weight excluding hydrogens is 285 g/mol. The van der Waals surface area contributed by atoms with Crippen molar-refractivity contribution in [1.82, 2.24) is 2.71 Å². The second-order valence-corrected chi connectivity index (χ2v) is 4.49. The van der Waals surface area contributed by atoms with E-state index in [4.69, 9.17) is 4.74 Å². The van der Waals surface area contributed by atoms with E-state index in [1.54, 1.807) is 0 Å². The molecule has 1 saturated heterocycles. The van der Waals surface area contributed by atoms with E-state index in [0.29, 0.717) is 0 Å². The molecule has 1 aliphatic heterocycles. The van der Waals surface area contributed by atoms with Gasteiger partial charge in [-0.15, -0.1) is 0 Å². The molecule has 7 heavy (non-hydrogen) atoms. The van der Waals surface area contributed by atoms with Gasteiger partial charge in [-0.3, -0.25) is 0 Å². The van der Waals surface area contributed by atoms with Crippen molar-refractivity contribution in [1.29, 1.82) is 0 Å². The van der Waals surface area contributed by atoms with Crippen LogP contribution in [-0.4, -0.2) is 55.1 Å². The van der Waals surface area contributed by atoms with Crippen molar-refractivity contribution in [3.63, 3.8) is 0 Å². The first kappa shape index (κ1) is 5.97. The topological polar surface area (TPSA) is 12.5 Å². The Balaban J connectivity index is 2.12.